The van der Waals surface area contributed by atoms with Gasteiger partial charge in [-0.3, -0.25) is 9.78 Å². The Hall–Kier alpha value is -5.37. The molecular formula is C31H24N6O2. The summed E-state index contributed by atoms with van der Waals surface area (Å²) in [6.07, 6.45) is 6.99. The second-order valence-corrected chi connectivity index (χ2v) is 9.00. The van der Waals surface area contributed by atoms with Crippen molar-refractivity contribution in [1.82, 2.24) is 24.4 Å². The Kier molecular flexibility index (Phi) is 6.26. The van der Waals surface area contributed by atoms with Crippen LogP contribution >= 0.6 is 0 Å². The van der Waals surface area contributed by atoms with Crippen LogP contribution in [0.2, 0.25) is 0 Å². The van der Waals surface area contributed by atoms with Crippen molar-refractivity contribution in [2.24, 2.45) is 5.10 Å². The predicted octanol–water partition coefficient (Wildman–Crippen LogP) is 5.51. The van der Waals surface area contributed by atoms with Crippen molar-refractivity contribution >= 4 is 17.1 Å². The van der Waals surface area contributed by atoms with Gasteiger partial charge in [-0.05, 0) is 55.5 Å². The summed E-state index contributed by atoms with van der Waals surface area (Å²) in [4.78, 5) is 22.6. The summed E-state index contributed by atoms with van der Waals surface area (Å²) in [5.41, 5.74) is 5.44. The topological polar surface area (TPSA) is 87.2 Å². The second-order valence-electron chi connectivity index (χ2n) is 9.00. The van der Waals surface area contributed by atoms with Gasteiger partial charge in [0.05, 0.1) is 29.9 Å². The van der Waals surface area contributed by atoms with Crippen LogP contribution < -0.4 is 10.3 Å². The highest BCUT2D eigenvalue weighted by atomic mass is 16.5. The van der Waals surface area contributed by atoms with E-state index in [1.54, 1.807) is 36.5 Å². The third kappa shape index (κ3) is 4.71. The number of benzene rings is 3. The Bertz CT molecular complexity index is 1870. The van der Waals surface area contributed by atoms with Crippen molar-refractivity contribution in [3.8, 4) is 34.1 Å². The van der Waals surface area contributed by atoms with Gasteiger partial charge in [-0.25, -0.2) is 9.67 Å². The number of pyridine rings is 1. The second kappa shape index (κ2) is 10.2. The number of nitrogens with zero attached hydrogens (tertiary/aromatic N) is 6. The minimum Gasteiger partial charge on any atom is -0.497 e. The van der Waals surface area contributed by atoms with E-state index < -0.39 is 0 Å². The van der Waals surface area contributed by atoms with Crippen molar-refractivity contribution in [3.05, 3.63) is 125 Å². The van der Waals surface area contributed by atoms with Crippen LogP contribution in [0.1, 0.15) is 11.1 Å². The molecule has 3 aromatic heterocycles. The summed E-state index contributed by atoms with van der Waals surface area (Å²) in [7, 11) is 1.60. The van der Waals surface area contributed by atoms with Gasteiger partial charge >= 0.3 is 0 Å². The van der Waals surface area contributed by atoms with Crippen LogP contribution in [0.15, 0.2) is 113 Å². The fraction of sp³-hybridized carbons (Fsp3) is 0.0645. The Morgan fingerprint density at radius 1 is 0.897 bits per heavy atom. The Morgan fingerprint density at radius 3 is 2.49 bits per heavy atom. The van der Waals surface area contributed by atoms with Crippen molar-refractivity contribution in [3.63, 3.8) is 0 Å². The van der Waals surface area contributed by atoms with Crippen LogP contribution in [0.3, 0.4) is 0 Å². The SMILES string of the molecule is COc1cccc(-c2nc3ccccc3c(=O)n2/N=C/c2cn(-c3ccc(C)cc3)nc2-c2ccncc2)c1. The number of fused-ring (bicyclic) bond motifs is 1. The number of hydrogen-bond acceptors (Lipinski definition) is 6. The van der Waals surface area contributed by atoms with E-state index >= 15 is 0 Å². The molecule has 0 amide bonds. The molecule has 0 unspecified atom stereocenters. The Labute approximate surface area is 224 Å². The number of hydrogen-bond donors (Lipinski definition) is 0. The summed E-state index contributed by atoms with van der Waals surface area (Å²) in [6, 6.07) is 26.6. The molecular weight excluding hydrogens is 488 g/mol. The molecule has 0 aliphatic heterocycles. The first kappa shape index (κ1) is 24.0. The minimum atomic E-state index is -0.272. The van der Waals surface area contributed by atoms with Crippen LogP contribution in [0.5, 0.6) is 5.75 Å². The zero-order valence-electron chi connectivity index (χ0n) is 21.4. The van der Waals surface area contributed by atoms with Crippen LogP contribution in [-0.4, -0.2) is 37.7 Å². The van der Waals surface area contributed by atoms with Gasteiger partial charge in [0.2, 0.25) is 0 Å². The molecule has 8 heteroatoms. The maximum Gasteiger partial charge on any atom is 0.282 e. The van der Waals surface area contributed by atoms with Crippen molar-refractivity contribution in [1.29, 1.82) is 0 Å². The molecule has 0 aliphatic rings. The molecule has 0 fully saturated rings. The molecule has 0 N–H and O–H groups in total. The number of ether oxygens (including phenoxy) is 1. The van der Waals surface area contributed by atoms with Crippen molar-refractivity contribution < 1.29 is 4.74 Å². The van der Waals surface area contributed by atoms with Gasteiger partial charge in [-0.1, -0.05) is 42.0 Å². The molecule has 190 valence electrons. The number of aryl methyl sites for hydroxylation is 1. The molecule has 6 aromatic rings. The molecule has 0 bridgehead atoms. The highest BCUT2D eigenvalue weighted by molar-refractivity contribution is 5.89. The first-order chi connectivity index (χ1) is 19.1. The lowest BCUT2D eigenvalue weighted by atomic mass is 10.1. The number of aromatic nitrogens is 5. The summed E-state index contributed by atoms with van der Waals surface area (Å²) in [5.74, 6) is 1.06. The lowest BCUT2D eigenvalue weighted by Crippen LogP contribution is -2.20. The van der Waals surface area contributed by atoms with Crippen LogP contribution in [0.4, 0.5) is 0 Å². The average molecular weight is 513 g/mol. The first-order valence-electron chi connectivity index (χ1n) is 12.4. The fourth-order valence-electron chi connectivity index (χ4n) is 4.35. The summed E-state index contributed by atoms with van der Waals surface area (Å²) < 4.78 is 8.55. The molecule has 0 aliphatic carbocycles. The highest BCUT2D eigenvalue weighted by Gasteiger charge is 2.15. The van der Waals surface area contributed by atoms with Crippen molar-refractivity contribution in [2.75, 3.05) is 7.11 Å². The van der Waals surface area contributed by atoms with E-state index in [9.17, 15) is 4.79 Å². The maximum atomic E-state index is 13.7. The number of methoxy groups -OCH3 is 1. The molecule has 0 atom stereocenters. The van der Waals surface area contributed by atoms with E-state index in [-0.39, 0.29) is 5.56 Å². The third-order valence-corrected chi connectivity index (χ3v) is 6.39. The van der Waals surface area contributed by atoms with E-state index in [1.165, 1.54) is 4.68 Å². The van der Waals surface area contributed by atoms with Gasteiger partial charge in [-0.2, -0.15) is 14.9 Å². The summed E-state index contributed by atoms with van der Waals surface area (Å²) in [6.45, 7) is 2.04. The first-order valence-corrected chi connectivity index (χ1v) is 12.4. The molecule has 3 heterocycles. The molecule has 39 heavy (non-hydrogen) atoms. The quantitative estimate of drug-likeness (QED) is 0.275. The van der Waals surface area contributed by atoms with E-state index in [1.807, 2.05) is 92.0 Å². The van der Waals surface area contributed by atoms with Crippen LogP contribution in [0, 0.1) is 6.92 Å². The molecule has 0 saturated carbocycles. The van der Waals surface area contributed by atoms with Crippen LogP contribution in [-0.2, 0) is 0 Å². The van der Waals surface area contributed by atoms with Crippen LogP contribution in [0.25, 0.3) is 39.2 Å². The average Bonchev–Trinajstić information content (AvgIpc) is 3.41. The van der Waals surface area contributed by atoms with Gasteiger partial charge in [0.1, 0.15) is 11.4 Å². The lowest BCUT2D eigenvalue weighted by molar-refractivity contribution is 0.415. The van der Waals surface area contributed by atoms with E-state index in [2.05, 4.69) is 10.1 Å². The monoisotopic (exact) mass is 512 g/mol. The van der Waals surface area contributed by atoms with Gasteiger partial charge in [0.15, 0.2) is 5.82 Å². The van der Waals surface area contributed by atoms with Gasteiger partial charge < -0.3 is 4.74 Å². The van der Waals surface area contributed by atoms with Gasteiger partial charge in [0.25, 0.3) is 5.56 Å². The van der Waals surface area contributed by atoms with E-state index in [0.29, 0.717) is 33.7 Å². The van der Waals surface area contributed by atoms with E-state index in [0.717, 1.165) is 22.4 Å². The third-order valence-electron chi connectivity index (χ3n) is 6.39. The largest absolute Gasteiger partial charge is 0.497 e. The van der Waals surface area contributed by atoms with Gasteiger partial charge in [0, 0.05) is 35.3 Å². The van der Waals surface area contributed by atoms with Crippen molar-refractivity contribution in [2.45, 2.75) is 6.92 Å². The maximum absolute atomic E-state index is 13.7. The fourth-order valence-corrected chi connectivity index (χ4v) is 4.35. The normalized spacial score (nSPS) is 11.3. The standard InChI is InChI=1S/C31H24N6O2/c1-21-10-12-25(13-11-21)36-20-24(29(35-36)22-14-16-32-17-15-22)19-33-37-30(23-6-5-7-26(18-23)39-2)34-28-9-4-3-8-27(28)31(37)38/h3-20H,1-2H3/b33-19+. The molecule has 0 saturated heterocycles. The molecule has 8 nitrogen and oxygen atoms in total. The zero-order valence-corrected chi connectivity index (χ0v) is 21.4. The number of rotatable bonds is 6. The summed E-state index contributed by atoms with van der Waals surface area (Å²) in [5, 5.41) is 10.00. The molecule has 6 rings (SSSR count). The molecule has 0 radical (unpaired) electrons. The predicted molar refractivity (Wildman–Crippen MR) is 153 cm³/mol. The zero-order chi connectivity index (χ0) is 26.8. The lowest BCUT2D eigenvalue weighted by Gasteiger charge is -2.10. The minimum absolute atomic E-state index is 0.272. The Balaban J connectivity index is 1.53. The smallest absolute Gasteiger partial charge is 0.282 e. The highest BCUT2D eigenvalue weighted by Crippen LogP contribution is 2.25. The Morgan fingerprint density at radius 2 is 1.69 bits per heavy atom. The molecule has 3 aromatic carbocycles. The molecule has 0 spiro atoms. The number of para-hydroxylation sites is 1. The van der Waals surface area contributed by atoms with Gasteiger partial charge in [-0.15, -0.1) is 0 Å². The summed E-state index contributed by atoms with van der Waals surface area (Å²) >= 11 is 0. The van der Waals surface area contributed by atoms with E-state index in [4.69, 9.17) is 14.8 Å².